The van der Waals surface area contributed by atoms with Gasteiger partial charge in [0.05, 0.1) is 0 Å². The zero-order valence-electron chi connectivity index (χ0n) is 42.6. The van der Waals surface area contributed by atoms with Crippen molar-refractivity contribution < 1.29 is 0 Å². The SMILES string of the molecule is CC(C)(C)c1ccc(-c2c3ccc(N(c4ccccc4)c4ccc5ccccc5c4)cc3c(C3=CC4=C(CC3)c3ccccc3C4(C)C)c3ccc(N(C4=CCCC=C4)c4ccc5ccccc5c4)cc23)cc1. The summed E-state index contributed by atoms with van der Waals surface area (Å²) in [5.41, 5.74) is 19.1. The van der Waals surface area contributed by atoms with Crippen LogP contribution in [0.25, 0.3) is 65.4 Å². The van der Waals surface area contributed by atoms with Crippen LogP contribution in [0.3, 0.4) is 0 Å². The van der Waals surface area contributed by atoms with E-state index in [4.69, 9.17) is 0 Å². The van der Waals surface area contributed by atoms with Crippen LogP contribution in [0.1, 0.15) is 82.6 Å². The highest BCUT2D eigenvalue weighted by atomic mass is 15.1. The molecule has 0 N–H and O–H groups in total. The van der Waals surface area contributed by atoms with E-state index in [0.717, 1.165) is 54.1 Å². The van der Waals surface area contributed by atoms with Crippen LogP contribution in [0.5, 0.6) is 0 Å². The van der Waals surface area contributed by atoms with Crippen LogP contribution >= 0.6 is 0 Å². The lowest BCUT2D eigenvalue weighted by Gasteiger charge is -2.30. The minimum atomic E-state index is -0.113. The number of hydrogen-bond donors (Lipinski definition) is 0. The summed E-state index contributed by atoms with van der Waals surface area (Å²) >= 11 is 0. The molecule has 13 rings (SSSR count). The molecule has 0 spiro atoms. The first-order valence-electron chi connectivity index (χ1n) is 26.3. The molecule has 0 bridgehead atoms. The van der Waals surface area contributed by atoms with Crippen LogP contribution < -0.4 is 9.80 Å². The van der Waals surface area contributed by atoms with Gasteiger partial charge >= 0.3 is 0 Å². The topological polar surface area (TPSA) is 6.48 Å². The number of rotatable bonds is 8. The van der Waals surface area contributed by atoms with Gasteiger partial charge in [0.2, 0.25) is 0 Å². The molecule has 0 saturated carbocycles. The maximum absolute atomic E-state index is 2.60. The second-order valence-corrected chi connectivity index (χ2v) is 21.9. The summed E-state index contributed by atoms with van der Waals surface area (Å²) in [6.07, 6.45) is 13.7. The first kappa shape index (κ1) is 44.7. The fraction of sp³-hybridized carbons (Fsp3) is 0.155. The van der Waals surface area contributed by atoms with E-state index in [2.05, 4.69) is 269 Å². The summed E-state index contributed by atoms with van der Waals surface area (Å²) < 4.78 is 0. The zero-order valence-corrected chi connectivity index (χ0v) is 42.6. The average molecular weight is 941 g/mol. The Hall–Kier alpha value is -8.20. The lowest BCUT2D eigenvalue weighted by Crippen LogP contribution is -2.17. The van der Waals surface area contributed by atoms with Crippen molar-refractivity contribution in [3.63, 3.8) is 0 Å². The van der Waals surface area contributed by atoms with Crippen LogP contribution in [-0.4, -0.2) is 0 Å². The molecule has 354 valence electrons. The molecule has 10 aromatic carbocycles. The average Bonchev–Trinajstić information content (AvgIpc) is 3.65. The third kappa shape index (κ3) is 7.71. The van der Waals surface area contributed by atoms with E-state index in [1.54, 1.807) is 0 Å². The van der Waals surface area contributed by atoms with Gasteiger partial charge in [-0.25, -0.2) is 0 Å². The molecule has 0 saturated heterocycles. The smallest absolute Gasteiger partial charge is 0.0468 e. The number of nitrogens with zero attached hydrogens (tertiary/aromatic N) is 2. The molecule has 0 amide bonds. The van der Waals surface area contributed by atoms with Gasteiger partial charge in [-0.05, 0) is 191 Å². The first-order chi connectivity index (χ1) is 35.6. The molecular formula is C71H60N2. The molecule has 3 aliphatic carbocycles. The zero-order chi connectivity index (χ0) is 49.4. The van der Waals surface area contributed by atoms with E-state index in [9.17, 15) is 0 Å². The first-order valence-corrected chi connectivity index (χ1v) is 26.3. The fourth-order valence-electron chi connectivity index (χ4n) is 12.3. The second-order valence-electron chi connectivity index (χ2n) is 21.9. The Morgan fingerprint density at radius 1 is 0.452 bits per heavy atom. The summed E-state index contributed by atoms with van der Waals surface area (Å²) in [6.45, 7) is 11.8. The van der Waals surface area contributed by atoms with Gasteiger partial charge in [-0.2, -0.15) is 0 Å². The predicted molar refractivity (Wildman–Crippen MR) is 314 cm³/mol. The van der Waals surface area contributed by atoms with Gasteiger partial charge < -0.3 is 9.80 Å². The fourth-order valence-corrected chi connectivity index (χ4v) is 12.3. The Kier molecular flexibility index (Phi) is 10.7. The lowest BCUT2D eigenvalue weighted by atomic mass is 9.76. The Labute approximate surface area is 430 Å². The van der Waals surface area contributed by atoms with E-state index < -0.39 is 0 Å². The summed E-state index contributed by atoms with van der Waals surface area (Å²) in [7, 11) is 0. The molecule has 10 aromatic rings. The van der Waals surface area contributed by atoms with Crippen molar-refractivity contribution in [2.45, 2.75) is 71.1 Å². The van der Waals surface area contributed by atoms with Crippen molar-refractivity contribution in [1.82, 2.24) is 0 Å². The van der Waals surface area contributed by atoms with E-state index in [1.165, 1.54) is 98.9 Å². The molecule has 73 heavy (non-hydrogen) atoms. The van der Waals surface area contributed by atoms with E-state index in [0.29, 0.717) is 0 Å². The summed E-state index contributed by atoms with van der Waals surface area (Å²) in [6, 6.07) is 75.3. The number of anilines is 5. The summed E-state index contributed by atoms with van der Waals surface area (Å²) in [5, 5.41) is 9.98. The summed E-state index contributed by atoms with van der Waals surface area (Å²) in [4.78, 5) is 4.93. The molecular weight excluding hydrogens is 881 g/mol. The van der Waals surface area contributed by atoms with Crippen LogP contribution in [0.4, 0.5) is 28.4 Å². The van der Waals surface area contributed by atoms with E-state index in [1.807, 2.05) is 0 Å². The van der Waals surface area contributed by atoms with Crippen molar-refractivity contribution in [1.29, 1.82) is 0 Å². The Bertz CT molecular complexity index is 3970. The van der Waals surface area contributed by atoms with Gasteiger partial charge in [0, 0.05) is 39.5 Å². The Morgan fingerprint density at radius 2 is 1.01 bits per heavy atom. The largest absolute Gasteiger partial charge is 0.311 e. The molecule has 0 radical (unpaired) electrons. The monoisotopic (exact) mass is 940 g/mol. The normalized spacial score (nSPS) is 15.1. The minimum Gasteiger partial charge on any atom is -0.311 e. The molecule has 2 heteroatoms. The Balaban J connectivity index is 1.12. The predicted octanol–water partition coefficient (Wildman–Crippen LogP) is 20.0. The standard InChI is InChI=1S/C71H60N2/c1-70(2,3)53-33-28-49(29-34-53)68-62-40-37-59(73(55-24-10-7-11-25-55)57-36-31-48-19-13-15-21-51(48)43-57)46-65(62)69(52-32-39-61-60-26-16-17-27-66(60)71(4,5)67(61)44-52)63-41-38-58(45-64(63)68)72(54-22-8-6-9-23-54)56-35-30-47-18-12-14-20-50(47)42-56/h7-8,10-31,33-38,40-46H,6,9,32,39H2,1-5H3. The minimum absolute atomic E-state index is 0.0223. The van der Waals surface area contributed by atoms with Crippen molar-refractivity contribution >= 4 is 82.7 Å². The van der Waals surface area contributed by atoms with Crippen molar-refractivity contribution in [2.24, 2.45) is 0 Å². The maximum atomic E-state index is 2.60. The molecule has 0 heterocycles. The van der Waals surface area contributed by atoms with Gasteiger partial charge in [0.25, 0.3) is 0 Å². The van der Waals surface area contributed by atoms with Crippen molar-refractivity contribution in [3.05, 3.63) is 258 Å². The second kappa shape index (κ2) is 17.5. The van der Waals surface area contributed by atoms with Gasteiger partial charge in [-0.1, -0.05) is 192 Å². The third-order valence-electron chi connectivity index (χ3n) is 16.1. The molecule has 0 unspecified atom stereocenters. The van der Waals surface area contributed by atoms with Crippen molar-refractivity contribution in [3.8, 4) is 11.1 Å². The highest BCUT2D eigenvalue weighted by molar-refractivity contribution is 6.20. The van der Waals surface area contributed by atoms with Crippen LogP contribution in [0.2, 0.25) is 0 Å². The molecule has 0 fully saturated rings. The van der Waals surface area contributed by atoms with Gasteiger partial charge in [-0.3, -0.25) is 0 Å². The van der Waals surface area contributed by atoms with Crippen LogP contribution in [-0.2, 0) is 10.8 Å². The van der Waals surface area contributed by atoms with Gasteiger partial charge in [0.15, 0.2) is 0 Å². The van der Waals surface area contributed by atoms with Crippen LogP contribution in [0, 0.1) is 0 Å². The quantitative estimate of drug-likeness (QED) is 0.140. The summed E-state index contributed by atoms with van der Waals surface area (Å²) in [5.74, 6) is 0. The van der Waals surface area contributed by atoms with Gasteiger partial charge in [-0.15, -0.1) is 0 Å². The molecule has 0 aliphatic heterocycles. The molecule has 0 aromatic heterocycles. The molecule has 2 nitrogen and oxygen atoms in total. The van der Waals surface area contributed by atoms with E-state index in [-0.39, 0.29) is 10.8 Å². The lowest BCUT2D eigenvalue weighted by molar-refractivity contribution is 0.590. The van der Waals surface area contributed by atoms with E-state index >= 15 is 0 Å². The maximum Gasteiger partial charge on any atom is 0.0468 e. The Morgan fingerprint density at radius 3 is 1.67 bits per heavy atom. The number of para-hydroxylation sites is 1. The molecule has 3 aliphatic rings. The highest BCUT2D eigenvalue weighted by Gasteiger charge is 2.38. The number of allylic oxidation sites excluding steroid dienone is 7. The number of hydrogen-bond acceptors (Lipinski definition) is 2. The third-order valence-corrected chi connectivity index (χ3v) is 16.1. The van der Waals surface area contributed by atoms with Crippen molar-refractivity contribution in [2.75, 3.05) is 9.80 Å². The number of fused-ring (bicyclic) bond motifs is 6. The number of benzene rings is 10. The van der Waals surface area contributed by atoms with Crippen LogP contribution in [0.15, 0.2) is 236 Å². The highest BCUT2D eigenvalue weighted by Crippen LogP contribution is 2.54. The van der Waals surface area contributed by atoms with Gasteiger partial charge in [0.1, 0.15) is 0 Å². The molecule has 0 atom stereocenters.